The molecule has 12 heterocycles. The van der Waals surface area contributed by atoms with E-state index < -0.39 is 40.8 Å². The quantitative estimate of drug-likeness (QED) is 0.0140. The van der Waals surface area contributed by atoms with Crippen LogP contribution in [0.15, 0.2) is 193 Å². The Morgan fingerprint density at radius 1 is 0.575 bits per heavy atom. The highest BCUT2D eigenvalue weighted by molar-refractivity contribution is 7.86. The molecule has 0 aliphatic carbocycles. The van der Waals surface area contributed by atoms with Gasteiger partial charge in [0.15, 0.2) is 28.2 Å². The first-order chi connectivity index (χ1) is 50.2. The summed E-state index contributed by atoms with van der Waals surface area (Å²) in [5.41, 5.74) is 34.6. The van der Waals surface area contributed by atoms with Crippen LogP contribution in [0.5, 0.6) is 0 Å². The predicted molar refractivity (Wildman–Crippen MR) is 406 cm³/mol. The van der Waals surface area contributed by atoms with E-state index in [1.165, 1.54) is 30.1 Å². The number of alkyl halides is 4. The molecule has 106 heavy (non-hydrogen) atoms. The molecule has 33 nitrogen and oxygen atoms in total. The summed E-state index contributed by atoms with van der Waals surface area (Å²) in [7, 11) is -6.66. The number of halogens is 4. The Morgan fingerprint density at radius 2 is 1.03 bits per heavy atom. The lowest BCUT2D eigenvalue weighted by molar-refractivity contribution is -0.385. The van der Waals surface area contributed by atoms with Gasteiger partial charge in [-0.2, -0.15) is 27.0 Å². The number of ether oxygens (including phenoxy) is 1. The third-order valence-electron chi connectivity index (χ3n) is 13.7. The summed E-state index contributed by atoms with van der Waals surface area (Å²) in [6.45, 7) is 10.6. The van der Waals surface area contributed by atoms with Gasteiger partial charge in [0, 0.05) is 30.9 Å². The highest BCUT2D eigenvalue weighted by atomic mass is 35.5. The first-order valence-corrected chi connectivity index (χ1v) is 34.9. The van der Waals surface area contributed by atoms with Crippen molar-refractivity contribution in [2.24, 2.45) is 5.90 Å². The van der Waals surface area contributed by atoms with Crippen LogP contribution >= 0.6 is 46.4 Å². The predicted octanol–water partition coefficient (Wildman–Crippen LogP) is 10.1. The Morgan fingerprint density at radius 3 is 1.47 bits per heavy atom. The highest BCUT2D eigenvalue weighted by Crippen LogP contribution is 2.25. The molecule has 0 saturated carbocycles. The zero-order valence-corrected chi connectivity index (χ0v) is 61.7. The topological polar surface area (TPSA) is 520 Å². The number of nitrogens with zero attached hydrogens (tertiary/aromatic N) is 15. The lowest BCUT2D eigenvalue weighted by Gasteiger charge is -2.09. The van der Waals surface area contributed by atoms with Crippen molar-refractivity contribution in [2.45, 2.75) is 61.0 Å². The Bertz CT molecular complexity index is 5620. The van der Waals surface area contributed by atoms with Crippen LogP contribution in [0, 0.1) is 57.1 Å². The molecule has 12 aromatic heterocycles. The van der Waals surface area contributed by atoms with Gasteiger partial charge in [-0.25, -0.2) is 43.4 Å². The smallest absolute Gasteiger partial charge is 0.339 e. The summed E-state index contributed by atoms with van der Waals surface area (Å²) >= 11 is 21.5. The van der Waals surface area contributed by atoms with Crippen molar-refractivity contribution in [3.63, 3.8) is 0 Å². The van der Waals surface area contributed by atoms with Crippen molar-refractivity contribution in [2.75, 3.05) is 35.9 Å². The molecule has 0 saturated heterocycles. The molecule has 0 spiro atoms. The zero-order valence-electron chi connectivity index (χ0n) is 57.1. The van der Waals surface area contributed by atoms with Crippen molar-refractivity contribution < 1.29 is 44.9 Å². The number of nitro groups is 1. The molecule has 14 aromatic rings. The third-order valence-corrected chi connectivity index (χ3v) is 17.0. The Balaban J connectivity index is 0.000000189. The summed E-state index contributed by atoms with van der Waals surface area (Å²) in [5, 5.41) is 25.7. The van der Waals surface area contributed by atoms with E-state index in [-0.39, 0.29) is 32.6 Å². The minimum Gasteiger partial charge on any atom is -0.467 e. The summed E-state index contributed by atoms with van der Waals surface area (Å²) in [6, 6.07) is 42.3. The van der Waals surface area contributed by atoms with Crippen molar-refractivity contribution in [1.82, 2.24) is 68.8 Å². The molecule has 14 rings (SSSR count). The number of rotatable bonds is 7. The van der Waals surface area contributed by atoms with E-state index in [4.69, 9.17) is 91.0 Å². The van der Waals surface area contributed by atoms with Crippen LogP contribution < -0.4 is 40.2 Å². The number of esters is 1. The second kappa shape index (κ2) is 38.6. The molecule has 39 heteroatoms. The lowest BCUT2D eigenvalue weighted by Crippen LogP contribution is -2.26. The number of pyridine rings is 10. The van der Waals surface area contributed by atoms with Crippen molar-refractivity contribution in [3.8, 4) is 0 Å². The number of carbonyl (C=O) groups excluding carboxylic acids is 2. The van der Waals surface area contributed by atoms with Crippen LogP contribution in [0.1, 0.15) is 54.7 Å². The summed E-state index contributed by atoms with van der Waals surface area (Å²) in [4.78, 5) is 64.8. The Labute approximate surface area is 624 Å². The fourth-order valence-electron chi connectivity index (χ4n) is 9.41. The first-order valence-electron chi connectivity index (χ1n) is 30.3. The molecule has 14 N–H and O–H groups in total. The second-order valence-electron chi connectivity index (χ2n) is 21.7. The van der Waals surface area contributed by atoms with E-state index in [0.29, 0.717) is 63.0 Å². The molecule has 0 amide bonds. The van der Waals surface area contributed by atoms with Gasteiger partial charge in [0.2, 0.25) is 10.7 Å². The molecule has 0 radical (unpaired) electrons. The van der Waals surface area contributed by atoms with Crippen LogP contribution in [0.4, 0.5) is 28.8 Å². The number of nitrogen functional groups attached to an aromatic ring is 5. The van der Waals surface area contributed by atoms with E-state index in [0.717, 1.165) is 61.5 Å². The number of carbonyl (C=O) groups is 2. The summed E-state index contributed by atoms with van der Waals surface area (Å²) < 4.78 is 66.3. The Hall–Kier alpha value is -11.8. The standard InChI is InChI=1S/C10H6Cl2N4.C10H6N4O.C9H13NO3S.C9H12O3S.C8H8N4.C8H7N3.C5H5N3O2.C5H7N3.C3H4Cl2O2/c11-9(12)10-14-8-4-3-6-7(16(8)15-10)2-1-5-13-6;15-6-9-12-10-4-3-7-8(14(10)13-9)2-1-5-11-7;1-6-4-7(2)9(8(3)5-6)14(11,12)13-10;1-6-4-7(2)9(8(3)5-6)13(10,11)12;9-8-4-3-6-7(12(8)10)2-1-5-11-6;9-8-4-3-6-7(11-8)2-1-5-10-6;6-5-2-1-4(3-7-5)8(9)10;6-4-1-2-5(7)8-3-4;1-7-3(6)2(4)5/h1-5,9H;1-6H;4-5H,10H2,1-3H3;4-5H,1-3H3,(H,10,11,12);1-5,9H,10H2;1-5H,(H2,9,11);1-3H,(H2,6,7);1-3H,6H2,(H2,7,8);2H,1H3. The summed E-state index contributed by atoms with van der Waals surface area (Å²) in [5.74, 6) is 11.6. The van der Waals surface area contributed by atoms with Gasteiger partial charge in [0.25, 0.3) is 15.8 Å². The molecule has 0 fully saturated rings. The minimum atomic E-state index is -4.08. The Kier molecular flexibility index (Phi) is 30.3. The van der Waals surface area contributed by atoms with E-state index in [1.54, 1.807) is 128 Å². The van der Waals surface area contributed by atoms with Crippen molar-refractivity contribution in [3.05, 3.63) is 243 Å². The minimum absolute atomic E-state index is 0.0260. The van der Waals surface area contributed by atoms with Gasteiger partial charge < -0.3 is 33.5 Å². The van der Waals surface area contributed by atoms with Gasteiger partial charge in [-0.1, -0.05) is 81.8 Å². The number of fused-ring (bicyclic) bond motifs is 8. The molecular formula is C67H68Cl4N22O11S2. The van der Waals surface area contributed by atoms with Crippen LogP contribution in [-0.2, 0) is 34.1 Å². The number of anilines is 4. The number of nitrogens with one attached hydrogen (secondary N) is 1. The van der Waals surface area contributed by atoms with Gasteiger partial charge >= 0.3 is 16.1 Å². The number of hydrogen-bond acceptors (Lipinski definition) is 28. The third kappa shape index (κ3) is 23.9. The normalized spacial score (nSPS) is 10.7. The van der Waals surface area contributed by atoms with E-state index in [1.807, 2.05) is 80.6 Å². The van der Waals surface area contributed by atoms with Gasteiger partial charge in [0.1, 0.15) is 34.0 Å². The molecule has 0 aliphatic rings. The van der Waals surface area contributed by atoms with Crippen LogP contribution in [0.2, 0.25) is 0 Å². The maximum absolute atomic E-state index is 11.4. The van der Waals surface area contributed by atoms with Gasteiger partial charge in [-0.3, -0.25) is 44.8 Å². The number of aryl methyl sites for hydroxylation is 6. The SMILES string of the molecule is COC(=O)C(Cl)Cl.Cc1cc(C)c(S(=O)(=O)O)c(C)c1.Cc1cc(C)c(S(=O)(=O)ON)c(C)c1.ClC(Cl)c1nc2ccc3ncccc3n2n1.N=c1ccc2ncccc2n1N.Nc1ccc(N)nc1.Nc1ccc([N+](=O)[O-])cn1.Nc1ccc2ncccc2n1.O=Cc1nc2ccc3ncccc3n2n1. The number of benzene rings is 2. The fraction of sp³-hybridized carbons (Fsp3) is 0.134. The molecule has 2 aromatic carbocycles. The van der Waals surface area contributed by atoms with Crippen LogP contribution in [0.25, 0.3) is 55.4 Å². The second-order valence-corrected chi connectivity index (χ2v) is 26.7. The largest absolute Gasteiger partial charge is 0.467 e. The highest BCUT2D eigenvalue weighted by Gasteiger charge is 2.20. The maximum Gasteiger partial charge on any atom is 0.339 e. The first kappa shape index (κ1) is 83.1. The number of aldehydes is 1. The number of methoxy groups -OCH3 is 1. The van der Waals surface area contributed by atoms with E-state index in [9.17, 15) is 36.5 Å². The molecule has 0 unspecified atom stereocenters. The monoisotopic (exact) mass is 1560 g/mol. The summed E-state index contributed by atoms with van der Waals surface area (Å²) in [6.07, 6.45) is 10.2. The van der Waals surface area contributed by atoms with Crippen molar-refractivity contribution >= 4 is 163 Å². The average Bonchev–Trinajstić information content (AvgIpc) is 1.65. The molecule has 0 bridgehead atoms. The van der Waals surface area contributed by atoms with Gasteiger partial charge in [-0.15, -0.1) is 10.2 Å². The van der Waals surface area contributed by atoms with Crippen LogP contribution in [-0.4, -0.2) is 119 Å². The zero-order chi connectivity index (χ0) is 78.2. The number of nitrogens with two attached hydrogens (primary N) is 6. The van der Waals surface area contributed by atoms with Crippen molar-refractivity contribution in [1.29, 1.82) is 5.41 Å². The molecular weight excluding hydrogens is 1490 g/mol. The molecule has 0 atom stereocenters. The van der Waals surface area contributed by atoms with Gasteiger partial charge in [-0.05, 0) is 179 Å². The number of aromatic nitrogens is 14. The van der Waals surface area contributed by atoms with Crippen LogP contribution in [0.3, 0.4) is 0 Å². The van der Waals surface area contributed by atoms with Gasteiger partial charge in [0.05, 0.1) is 72.9 Å². The maximum atomic E-state index is 11.4. The average molecular weight is 1560 g/mol. The van der Waals surface area contributed by atoms with E-state index in [2.05, 4.69) is 64.1 Å². The molecule has 552 valence electrons. The fourth-order valence-corrected chi connectivity index (χ4v) is 11.7. The number of hydrogen-bond donors (Lipinski definition) is 8. The lowest BCUT2D eigenvalue weighted by atomic mass is 10.1. The van der Waals surface area contributed by atoms with E-state index >= 15 is 0 Å². The molecule has 0 aliphatic heterocycles.